The smallest absolute Gasteiger partial charge is 0.253 e. The first-order valence-corrected chi connectivity index (χ1v) is 12.0. The van der Waals surface area contributed by atoms with Gasteiger partial charge in [-0.25, -0.2) is 0 Å². The van der Waals surface area contributed by atoms with Crippen molar-refractivity contribution in [3.8, 4) is 11.5 Å². The van der Waals surface area contributed by atoms with Crippen LogP contribution in [0, 0.1) is 13.8 Å². The highest BCUT2D eigenvalue weighted by atomic mass is 16.5. The summed E-state index contributed by atoms with van der Waals surface area (Å²) in [5.74, 6) is 0.591. The monoisotopic (exact) mass is 474 g/mol. The normalized spacial score (nSPS) is 10.7. The van der Waals surface area contributed by atoms with Gasteiger partial charge in [0.2, 0.25) is 0 Å². The highest BCUT2D eigenvalue weighted by molar-refractivity contribution is 5.97. The standard InChI is InChI=1S/C29H34N2O4/c1-5-6-7-16-35-26-19-22(14-15-25(26)34-4)27(30-28(32)23-12-8-10-20(2)17-23)31-29(33)24-13-9-11-21(3)18-24/h8-15,17-19,27H,5-7,16H2,1-4H3,(H,30,32)(H,31,33). The summed E-state index contributed by atoms with van der Waals surface area (Å²) < 4.78 is 11.4. The molecule has 0 bridgehead atoms. The highest BCUT2D eigenvalue weighted by Crippen LogP contribution is 2.30. The molecule has 6 nitrogen and oxygen atoms in total. The molecule has 0 fully saturated rings. The molecule has 35 heavy (non-hydrogen) atoms. The molecular formula is C29H34N2O4. The minimum absolute atomic E-state index is 0.288. The van der Waals surface area contributed by atoms with E-state index in [2.05, 4.69) is 17.6 Å². The molecular weight excluding hydrogens is 440 g/mol. The molecule has 0 radical (unpaired) electrons. The lowest BCUT2D eigenvalue weighted by Crippen LogP contribution is -2.41. The van der Waals surface area contributed by atoms with Gasteiger partial charge >= 0.3 is 0 Å². The molecule has 0 aliphatic carbocycles. The van der Waals surface area contributed by atoms with Crippen LogP contribution in [0.2, 0.25) is 0 Å². The number of unbranched alkanes of at least 4 members (excludes halogenated alkanes) is 2. The maximum Gasteiger partial charge on any atom is 0.253 e. The van der Waals surface area contributed by atoms with Crippen LogP contribution in [-0.2, 0) is 0 Å². The molecule has 3 aromatic carbocycles. The van der Waals surface area contributed by atoms with E-state index < -0.39 is 6.17 Å². The summed E-state index contributed by atoms with van der Waals surface area (Å²) in [6.07, 6.45) is 2.32. The first-order valence-electron chi connectivity index (χ1n) is 12.0. The molecule has 3 rings (SSSR count). The van der Waals surface area contributed by atoms with Crippen LogP contribution in [0.4, 0.5) is 0 Å². The third kappa shape index (κ3) is 7.34. The first kappa shape index (κ1) is 25.8. The van der Waals surface area contributed by atoms with Crippen LogP contribution in [0.3, 0.4) is 0 Å². The lowest BCUT2D eigenvalue weighted by molar-refractivity contribution is 0.0883. The van der Waals surface area contributed by atoms with Crippen LogP contribution in [0.15, 0.2) is 66.7 Å². The number of aryl methyl sites for hydroxylation is 2. The van der Waals surface area contributed by atoms with Crippen molar-refractivity contribution in [2.45, 2.75) is 46.2 Å². The van der Waals surface area contributed by atoms with Crippen LogP contribution in [0.25, 0.3) is 0 Å². The van der Waals surface area contributed by atoms with E-state index >= 15 is 0 Å². The summed E-state index contributed by atoms with van der Waals surface area (Å²) in [5, 5.41) is 5.93. The number of carbonyl (C=O) groups excluding carboxylic acids is 2. The second kappa shape index (κ2) is 12.6. The molecule has 0 saturated heterocycles. The number of benzene rings is 3. The Morgan fingerprint density at radius 1 is 0.800 bits per heavy atom. The number of amides is 2. The summed E-state index contributed by atoms with van der Waals surface area (Å²) >= 11 is 0. The van der Waals surface area contributed by atoms with Gasteiger partial charge in [0.15, 0.2) is 11.5 Å². The van der Waals surface area contributed by atoms with Gasteiger partial charge in [-0.15, -0.1) is 0 Å². The molecule has 0 heterocycles. The molecule has 2 amide bonds. The summed E-state index contributed by atoms with van der Waals surface area (Å²) in [5.41, 5.74) is 3.67. The number of rotatable bonds is 11. The van der Waals surface area contributed by atoms with Crippen molar-refractivity contribution in [3.05, 3.63) is 94.5 Å². The minimum atomic E-state index is -0.778. The molecule has 2 N–H and O–H groups in total. The van der Waals surface area contributed by atoms with Gasteiger partial charge in [-0.3, -0.25) is 9.59 Å². The van der Waals surface area contributed by atoms with Crippen molar-refractivity contribution in [2.75, 3.05) is 13.7 Å². The zero-order valence-corrected chi connectivity index (χ0v) is 20.9. The highest BCUT2D eigenvalue weighted by Gasteiger charge is 2.21. The second-order valence-electron chi connectivity index (χ2n) is 8.58. The Balaban J connectivity index is 1.90. The van der Waals surface area contributed by atoms with Gasteiger partial charge in [-0.05, 0) is 62.2 Å². The maximum absolute atomic E-state index is 13.1. The van der Waals surface area contributed by atoms with Crippen molar-refractivity contribution in [1.82, 2.24) is 10.6 Å². The number of hydrogen-bond acceptors (Lipinski definition) is 4. The predicted octanol–water partition coefficient (Wildman–Crippen LogP) is 5.74. The van der Waals surface area contributed by atoms with E-state index in [1.165, 1.54) is 0 Å². The SMILES string of the molecule is CCCCCOc1cc(C(NC(=O)c2cccc(C)c2)NC(=O)c2cccc(C)c2)ccc1OC. The average Bonchev–Trinajstić information content (AvgIpc) is 2.86. The van der Waals surface area contributed by atoms with Gasteiger partial charge in [0, 0.05) is 11.1 Å². The fraction of sp³-hybridized carbons (Fsp3) is 0.310. The maximum atomic E-state index is 13.1. The van der Waals surface area contributed by atoms with Crippen molar-refractivity contribution >= 4 is 11.8 Å². The summed E-state index contributed by atoms with van der Waals surface area (Å²) in [4.78, 5) is 26.2. The summed E-state index contributed by atoms with van der Waals surface area (Å²) in [7, 11) is 1.59. The number of hydrogen-bond donors (Lipinski definition) is 2. The predicted molar refractivity (Wildman–Crippen MR) is 138 cm³/mol. The van der Waals surface area contributed by atoms with Gasteiger partial charge in [-0.2, -0.15) is 0 Å². The fourth-order valence-electron chi connectivity index (χ4n) is 3.72. The Morgan fingerprint density at radius 3 is 1.91 bits per heavy atom. The number of carbonyl (C=O) groups is 2. The quantitative estimate of drug-likeness (QED) is 0.274. The van der Waals surface area contributed by atoms with Crippen LogP contribution in [-0.4, -0.2) is 25.5 Å². The Bertz CT molecular complexity index is 1100. The Hall–Kier alpha value is -3.80. The number of ether oxygens (including phenoxy) is 2. The van der Waals surface area contributed by atoms with E-state index in [-0.39, 0.29) is 11.8 Å². The van der Waals surface area contributed by atoms with Crippen LogP contribution >= 0.6 is 0 Å². The van der Waals surface area contributed by atoms with Crippen molar-refractivity contribution < 1.29 is 19.1 Å². The van der Waals surface area contributed by atoms with Gasteiger partial charge in [0.05, 0.1) is 13.7 Å². The molecule has 0 aromatic heterocycles. The molecule has 0 unspecified atom stereocenters. The molecule has 184 valence electrons. The Labute approximate surface area is 207 Å². The van der Waals surface area contributed by atoms with Crippen molar-refractivity contribution in [3.63, 3.8) is 0 Å². The number of methoxy groups -OCH3 is 1. The molecule has 0 aliphatic heterocycles. The van der Waals surface area contributed by atoms with Crippen LogP contribution in [0.5, 0.6) is 11.5 Å². The minimum Gasteiger partial charge on any atom is -0.493 e. The van der Waals surface area contributed by atoms with E-state index in [4.69, 9.17) is 9.47 Å². The third-order valence-corrected chi connectivity index (χ3v) is 5.64. The van der Waals surface area contributed by atoms with E-state index in [0.717, 1.165) is 30.4 Å². The molecule has 0 atom stereocenters. The Kier molecular flexibility index (Phi) is 9.30. The molecule has 6 heteroatoms. The second-order valence-corrected chi connectivity index (χ2v) is 8.58. The average molecular weight is 475 g/mol. The number of nitrogens with one attached hydrogen (secondary N) is 2. The summed E-state index contributed by atoms with van der Waals surface area (Å²) in [6, 6.07) is 20.1. The third-order valence-electron chi connectivity index (χ3n) is 5.64. The summed E-state index contributed by atoms with van der Waals surface area (Å²) in [6.45, 7) is 6.56. The van der Waals surface area contributed by atoms with E-state index in [0.29, 0.717) is 34.8 Å². The van der Waals surface area contributed by atoms with Gasteiger partial charge in [-0.1, -0.05) is 61.2 Å². The zero-order valence-electron chi connectivity index (χ0n) is 20.9. The topological polar surface area (TPSA) is 76.7 Å². The molecule has 0 aliphatic rings. The van der Waals surface area contributed by atoms with E-state index in [1.807, 2.05) is 62.4 Å². The first-order chi connectivity index (χ1) is 16.9. The lowest BCUT2D eigenvalue weighted by atomic mass is 10.1. The zero-order chi connectivity index (χ0) is 25.2. The largest absolute Gasteiger partial charge is 0.493 e. The molecule has 0 saturated carbocycles. The van der Waals surface area contributed by atoms with Crippen molar-refractivity contribution in [1.29, 1.82) is 0 Å². The van der Waals surface area contributed by atoms with E-state index in [1.54, 1.807) is 25.3 Å². The van der Waals surface area contributed by atoms with Crippen LogP contribution in [0.1, 0.15) is 69.8 Å². The van der Waals surface area contributed by atoms with Gasteiger partial charge in [0.1, 0.15) is 6.17 Å². The Morgan fingerprint density at radius 2 is 1.40 bits per heavy atom. The van der Waals surface area contributed by atoms with Crippen molar-refractivity contribution in [2.24, 2.45) is 0 Å². The molecule has 3 aromatic rings. The van der Waals surface area contributed by atoms with Gasteiger partial charge in [0.25, 0.3) is 11.8 Å². The fourth-order valence-corrected chi connectivity index (χ4v) is 3.72. The van der Waals surface area contributed by atoms with Crippen LogP contribution < -0.4 is 20.1 Å². The van der Waals surface area contributed by atoms with Gasteiger partial charge < -0.3 is 20.1 Å². The van der Waals surface area contributed by atoms with E-state index in [9.17, 15) is 9.59 Å². The lowest BCUT2D eigenvalue weighted by Gasteiger charge is -2.22. The molecule has 0 spiro atoms.